The lowest BCUT2D eigenvalue weighted by atomic mass is 9.99. The second-order valence-electron chi connectivity index (χ2n) is 6.56. The number of piperidine rings is 1. The van der Waals surface area contributed by atoms with E-state index in [-0.39, 0.29) is 12.6 Å². The van der Waals surface area contributed by atoms with Crippen molar-refractivity contribution in [3.63, 3.8) is 0 Å². The van der Waals surface area contributed by atoms with Gasteiger partial charge in [-0.25, -0.2) is 9.78 Å². The highest BCUT2D eigenvalue weighted by molar-refractivity contribution is 5.92. The Labute approximate surface area is 138 Å². The maximum absolute atomic E-state index is 12.4. The van der Waals surface area contributed by atoms with Crippen LogP contribution in [0.2, 0.25) is 0 Å². The molecule has 126 valence electrons. The Morgan fingerprint density at radius 3 is 2.88 bits per heavy atom. The molecule has 0 radical (unpaired) electrons. The van der Waals surface area contributed by atoms with Crippen LogP contribution < -0.4 is 5.32 Å². The van der Waals surface area contributed by atoms with Gasteiger partial charge in [0.15, 0.2) is 11.5 Å². The fourth-order valence-electron chi connectivity index (χ4n) is 3.09. The van der Waals surface area contributed by atoms with Gasteiger partial charge in [0.2, 0.25) is 0 Å². The molecule has 7 nitrogen and oxygen atoms in total. The van der Waals surface area contributed by atoms with Crippen molar-refractivity contribution in [1.82, 2.24) is 9.88 Å². The number of rotatable bonds is 3. The zero-order valence-electron chi connectivity index (χ0n) is 13.2. The molecule has 2 aliphatic rings. The lowest BCUT2D eigenvalue weighted by molar-refractivity contribution is -0.143. The number of amides is 2. The molecule has 24 heavy (non-hydrogen) atoms. The minimum Gasteiger partial charge on any atom is -0.481 e. The number of likely N-dealkylation sites (tertiary alicyclic amines) is 1. The van der Waals surface area contributed by atoms with Gasteiger partial charge >= 0.3 is 12.0 Å². The number of hydrogen-bond acceptors (Lipinski definition) is 4. The van der Waals surface area contributed by atoms with Gasteiger partial charge in [0.05, 0.1) is 5.92 Å². The summed E-state index contributed by atoms with van der Waals surface area (Å²) >= 11 is 0. The molecule has 2 heterocycles. The number of nitrogens with one attached hydrogen (secondary N) is 1. The average Bonchev–Trinajstić information content (AvgIpc) is 3.34. The molecule has 0 bridgehead atoms. The van der Waals surface area contributed by atoms with Gasteiger partial charge in [-0.15, -0.1) is 0 Å². The molecule has 1 aromatic carbocycles. The molecule has 2 amide bonds. The monoisotopic (exact) mass is 329 g/mol. The van der Waals surface area contributed by atoms with Gasteiger partial charge in [0.25, 0.3) is 0 Å². The molecule has 0 spiro atoms. The molecule has 2 fully saturated rings. The van der Waals surface area contributed by atoms with Crippen LogP contribution in [0.25, 0.3) is 11.1 Å². The quantitative estimate of drug-likeness (QED) is 0.902. The molecule has 2 N–H and O–H groups in total. The van der Waals surface area contributed by atoms with E-state index in [2.05, 4.69) is 10.3 Å². The van der Waals surface area contributed by atoms with Crippen molar-refractivity contribution in [2.75, 3.05) is 18.4 Å². The Bertz CT molecular complexity index is 796. The number of carbonyl (C=O) groups excluding carboxylic acids is 1. The van der Waals surface area contributed by atoms with Crippen LogP contribution in [-0.2, 0) is 4.79 Å². The minimum absolute atomic E-state index is 0.249. The number of carboxylic acid groups (broad SMARTS) is 1. The third kappa shape index (κ3) is 2.93. The van der Waals surface area contributed by atoms with Gasteiger partial charge in [0.1, 0.15) is 5.52 Å². The predicted molar refractivity (Wildman–Crippen MR) is 86.9 cm³/mol. The van der Waals surface area contributed by atoms with Crippen LogP contribution in [0.5, 0.6) is 0 Å². The highest BCUT2D eigenvalue weighted by atomic mass is 16.4. The first-order valence-electron chi connectivity index (χ1n) is 8.29. The van der Waals surface area contributed by atoms with Crippen molar-refractivity contribution in [1.29, 1.82) is 0 Å². The number of carbonyl (C=O) groups is 2. The van der Waals surface area contributed by atoms with E-state index in [4.69, 9.17) is 9.52 Å². The number of aromatic nitrogens is 1. The Kier molecular flexibility index (Phi) is 3.63. The second kappa shape index (κ2) is 5.81. The van der Waals surface area contributed by atoms with Gasteiger partial charge in [-0.3, -0.25) is 4.79 Å². The number of nitrogens with zero attached hydrogens (tertiary/aromatic N) is 2. The molecule has 1 saturated heterocycles. The maximum Gasteiger partial charge on any atom is 0.321 e. The number of fused-ring (bicyclic) bond motifs is 1. The number of urea groups is 1. The van der Waals surface area contributed by atoms with Crippen LogP contribution >= 0.6 is 0 Å². The van der Waals surface area contributed by atoms with Crippen molar-refractivity contribution in [3.05, 3.63) is 24.1 Å². The number of anilines is 1. The van der Waals surface area contributed by atoms with Crippen molar-refractivity contribution >= 4 is 28.8 Å². The number of carboxylic acids is 1. The maximum atomic E-state index is 12.4. The largest absolute Gasteiger partial charge is 0.481 e. The van der Waals surface area contributed by atoms with E-state index in [1.165, 1.54) is 0 Å². The van der Waals surface area contributed by atoms with Gasteiger partial charge < -0.3 is 19.7 Å². The van der Waals surface area contributed by atoms with E-state index in [0.717, 1.165) is 29.8 Å². The number of benzene rings is 1. The third-order valence-corrected chi connectivity index (χ3v) is 4.64. The molecular weight excluding hydrogens is 310 g/mol. The zero-order valence-corrected chi connectivity index (χ0v) is 13.2. The fourth-order valence-corrected chi connectivity index (χ4v) is 3.09. The third-order valence-electron chi connectivity index (χ3n) is 4.64. The summed E-state index contributed by atoms with van der Waals surface area (Å²) in [5.41, 5.74) is 2.09. The van der Waals surface area contributed by atoms with E-state index in [1.807, 2.05) is 0 Å². The van der Waals surface area contributed by atoms with Gasteiger partial charge in [0, 0.05) is 24.7 Å². The van der Waals surface area contributed by atoms with E-state index in [1.54, 1.807) is 23.1 Å². The Balaban J connectivity index is 1.46. The highest BCUT2D eigenvalue weighted by Gasteiger charge is 2.29. The number of oxazole rings is 1. The van der Waals surface area contributed by atoms with Gasteiger partial charge in [-0.05, 0) is 43.9 Å². The summed E-state index contributed by atoms with van der Waals surface area (Å²) in [7, 11) is 0. The smallest absolute Gasteiger partial charge is 0.321 e. The van der Waals surface area contributed by atoms with E-state index >= 15 is 0 Å². The normalized spacial score (nSPS) is 21.0. The lowest BCUT2D eigenvalue weighted by Gasteiger charge is -2.30. The number of hydrogen-bond donors (Lipinski definition) is 2. The lowest BCUT2D eigenvalue weighted by Crippen LogP contribution is -2.44. The summed E-state index contributed by atoms with van der Waals surface area (Å²) in [5.74, 6) is -0.113. The minimum atomic E-state index is -0.843. The van der Waals surface area contributed by atoms with E-state index < -0.39 is 11.9 Å². The molecule has 4 rings (SSSR count). The first kappa shape index (κ1) is 15.0. The summed E-state index contributed by atoms with van der Waals surface area (Å²) in [6, 6.07) is 5.10. The van der Waals surface area contributed by atoms with Crippen molar-refractivity contribution < 1.29 is 19.1 Å². The van der Waals surface area contributed by atoms with Crippen LogP contribution in [0.4, 0.5) is 10.5 Å². The van der Waals surface area contributed by atoms with Crippen molar-refractivity contribution in [3.8, 4) is 0 Å². The summed E-state index contributed by atoms with van der Waals surface area (Å²) in [5, 5.41) is 12.0. The molecule has 1 aliphatic carbocycles. The van der Waals surface area contributed by atoms with Crippen LogP contribution in [0.3, 0.4) is 0 Å². The summed E-state index contributed by atoms with van der Waals surface area (Å²) in [6.07, 6.45) is 3.57. The molecule has 1 atom stereocenters. The summed E-state index contributed by atoms with van der Waals surface area (Å²) in [6.45, 7) is 0.826. The highest BCUT2D eigenvalue weighted by Crippen LogP contribution is 2.40. The Morgan fingerprint density at radius 1 is 1.29 bits per heavy atom. The molecule has 1 aromatic heterocycles. The van der Waals surface area contributed by atoms with Crippen LogP contribution in [0.1, 0.15) is 37.5 Å². The predicted octanol–water partition coefficient (Wildman–Crippen LogP) is 3.03. The van der Waals surface area contributed by atoms with E-state index in [0.29, 0.717) is 31.0 Å². The summed E-state index contributed by atoms with van der Waals surface area (Å²) in [4.78, 5) is 29.5. The zero-order chi connectivity index (χ0) is 16.7. The molecule has 2 aromatic rings. The van der Waals surface area contributed by atoms with E-state index in [9.17, 15) is 9.59 Å². The van der Waals surface area contributed by atoms with Crippen LogP contribution in [0.15, 0.2) is 22.6 Å². The number of aliphatic carboxylic acids is 1. The van der Waals surface area contributed by atoms with Crippen molar-refractivity contribution in [2.24, 2.45) is 5.92 Å². The van der Waals surface area contributed by atoms with Gasteiger partial charge in [-0.2, -0.15) is 0 Å². The summed E-state index contributed by atoms with van der Waals surface area (Å²) < 4.78 is 5.71. The molecule has 1 unspecified atom stereocenters. The topological polar surface area (TPSA) is 95.7 Å². The molecule has 1 aliphatic heterocycles. The SMILES string of the molecule is O=C(O)C1CCCN(C(=O)Nc2ccc3oc(C4CC4)nc3c2)C1. The average molecular weight is 329 g/mol. The van der Waals surface area contributed by atoms with Crippen LogP contribution in [-0.4, -0.2) is 40.1 Å². The fraction of sp³-hybridized carbons (Fsp3) is 0.471. The molecular formula is C17H19N3O4. The Morgan fingerprint density at radius 2 is 2.12 bits per heavy atom. The van der Waals surface area contributed by atoms with Crippen molar-refractivity contribution in [2.45, 2.75) is 31.6 Å². The first-order chi connectivity index (χ1) is 11.6. The second-order valence-corrected chi connectivity index (χ2v) is 6.56. The molecule has 1 saturated carbocycles. The first-order valence-corrected chi connectivity index (χ1v) is 8.29. The standard InChI is InChI=1S/C17H19N3O4/c21-16(22)11-2-1-7-20(9-11)17(23)18-12-5-6-14-13(8-12)19-15(24-14)10-3-4-10/h5-6,8,10-11H,1-4,7,9H2,(H,18,23)(H,21,22). The van der Waals surface area contributed by atoms with Crippen LogP contribution in [0, 0.1) is 5.92 Å². The van der Waals surface area contributed by atoms with Gasteiger partial charge in [-0.1, -0.05) is 0 Å². The Hall–Kier alpha value is -2.57. The molecule has 7 heteroatoms.